The number of hydrogen-bond acceptors (Lipinski definition) is 4. The minimum atomic E-state index is 0.298. The van der Waals surface area contributed by atoms with Crippen LogP contribution < -0.4 is 0 Å². The maximum absolute atomic E-state index is 9.93. The van der Waals surface area contributed by atoms with Gasteiger partial charge in [-0.2, -0.15) is 5.10 Å². The third-order valence-electron chi connectivity index (χ3n) is 6.24. The molecule has 1 aromatic carbocycles. The molecule has 2 aliphatic rings. The molecule has 0 bridgehead atoms. The second-order valence-electron chi connectivity index (χ2n) is 8.24. The third kappa shape index (κ3) is 4.60. The van der Waals surface area contributed by atoms with Crippen LogP contribution >= 0.6 is 0 Å². The molecular formula is C22H32N4O. The molecule has 2 saturated heterocycles. The van der Waals surface area contributed by atoms with Crippen LogP contribution in [0, 0.1) is 11.8 Å². The van der Waals surface area contributed by atoms with Gasteiger partial charge in [0.15, 0.2) is 0 Å². The number of aliphatic hydroxyl groups is 1. The number of rotatable bonds is 6. The lowest BCUT2D eigenvalue weighted by molar-refractivity contribution is 0.165. The molecule has 146 valence electrons. The first-order valence-corrected chi connectivity index (χ1v) is 10.5. The summed E-state index contributed by atoms with van der Waals surface area (Å²) in [5.41, 5.74) is 3.45. The fraction of sp³-hybridized carbons (Fsp3) is 0.591. The first-order valence-electron chi connectivity index (χ1n) is 10.5. The van der Waals surface area contributed by atoms with E-state index in [0.717, 1.165) is 37.4 Å². The summed E-state index contributed by atoms with van der Waals surface area (Å²) < 4.78 is 0. The van der Waals surface area contributed by atoms with Crippen LogP contribution in [0.1, 0.15) is 31.2 Å². The summed E-state index contributed by atoms with van der Waals surface area (Å²) >= 11 is 0. The second kappa shape index (κ2) is 9.00. The minimum absolute atomic E-state index is 0.298. The zero-order valence-electron chi connectivity index (χ0n) is 16.2. The van der Waals surface area contributed by atoms with Crippen LogP contribution in [-0.4, -0.2) is 64.4 Å². The van der Waals surface area contributed by atoms with Crippen molar-refractivity contribution in [2.75, 3.05) is 39.3 Å². The lowest BCUT2D eigenvalue weighted by Crippen LogP contribution is -2.34. The van der Waals surface area contributed by atoms with E-state index < -0.39 is 0 Å². The maximum Gasteiger partial charge on any atom is 0.0965 e. The Labute approximate surface area is 162 Å². The van der Waals surface area contributed by atoms with E-state index in [9.17, 15) is 5.11 Å². The number of aromatic amines is 1. The number of benzene rings is 1. The monoisotopic (exact) mass is 368 g/mol. The Kier molecular flexibility index (Phi) is 6.22. The van der Waals surface area contributed by atoms with Gasteiger partial charge in [-0.3, -0.25) is 10.00 Å². The molecule has 2 aromatic rings. The summed E-state index contributed by atoms with van der Waals surface area (Å²) in [6.45, 7) is 6.84. The number of aromatic nitrogens is 2. The van der Waals surface area contributed by atoms with Crippen molar-refractivity contribution < 1.29 is 5.11 Å². The first-order chi connectivity index (χ1) is 13.3. The number of aliphatic hydroxyl groups excluding tert-OH is 1. The smallest absolute Gasteiger partial charge is 0.0965 e. The topological polar surface area (TPSA) is 55.4 Å². The van der Waals surface area contributed by atoms with Gasteiger partial charge < -0.3 is 10.0 Å². The summed E-state index contributed by atoms with van der Waals surface area (Å²) in [7, 11) is 0. The normalized spacial score (nSPS) is 24.9. The van der Waals surface area contributed by atoms with E-state index in [1.54, 1.807) is 0 Å². The third-order valence-corrected chi connectivity index (χ3v) is 6.24. The van der Waals surface area contributed by atoms with Crippen molar-refractivity contribution >= 4 is 0 Å². The molecule has 0 aliphatic carbocycles. The molecule has 0 amide bonds. The highest BCUT2D eigenvalue weighted by atomic mass is 16.3. The minimum Gasteiger partial charge on any atom is -0.396 e. The molecule has 2 fully saturated rings. The molecule has 0 radical (unpaired) electrons. The Balaban J connectivity index is 1.40. The standard InChI is InChI=1S/C22H32N4O/c27-17-21-16-26(15-20(21)14-25-10-6-1-2-7-11-25)13-19-12-23-24-22(19)18-8-4-3-5-9-18/h3-5,8-9,12,20-21,27H,1-2,6-7,10-11,13-17H2,(H,23,24)/t20-,21-/m1/s1. The van der Waals surface area contributed by atoms with E-state index in [2.05, 4.69) is 44.3 Å². The van der Waals surface area contributed by atoms with Crippen molar-refractivity contribution in [1.82, 2.24) is 20.0 Å². The highest BCUT2D eigenvalue weighted by Crippen LogP contribution is 2.29. The van der Waals surface area contributed by atoms with Gasteiger partial charge in [-0.1, -0.05) is 43.2 Å². The van der Waals surface area contributed by atoms with Crippen LogP contribution in [0.4, 0.5) is 0 Å². The van der Waals surface area contributed by atoms with Crippen molar-refractivity contribution in [3.05, 3.63) is 42.1 Å². The van der Waals surface area contributed by atoms with Crippen LogP contribution in [0.5, 0.6) is 0 Å². The van der Waals surface area contributed by atoms with Gasteiger partial charge in [-0.15, -0.1) is 0 Å². The predicted octanol–water partition coefficient (Wildman–Crippen LogP) is 2.99. The van der Waals surface area contributed by atoms with Gasteiger partial charge in [0.2, 0.25) is 0 Å². The molecule has 5 nitrogen and oxygen atoms in total. The summed E-state index contributed by atoms with van der Waals surface area (Å²) in [4.78, 5) is 5.14. The summed E-state index contributed by atoms with van der Waals surface area (Å²) in [5, 5.41) is 17.5. The fourth-order valence-electron chi connectivity index (χ4n) is 4.75. The molecular weight excluding hydrogens is 336 g/mol. The molecule has 2 aliphatic heterocycles. The lowest BCUT2D eigenvalue weighted by atomic mass is 9.96. The largest absolute Gasteiger partial charge is 0.396 e. The van der Waals surface area contributed by atoms with Crippen LogP contribution in [0.25, 0.3) is 11.3 Å². The van der Waals surface area contributed by atoms with Crippen molar-refractivity contribution in [3.63, 3.8) is 0 Å². The van der Waals surface area contributed by atoms with E-state index in [1.807, 2.05) is 12.3 Å². The van der Waals surface area contributed by atoms with E-state index in [1.165, 1.54) is 44.3 Å². The van der Waals surface area contributed by atoms with Gasteiger partial charge >= 0.3 is 0 Å². The van der Waals surface area contributed by atoms with Crippen molar-refractivity contribution in [2.45, 2.75) is 32.2 Å². The fourth-order valence-corrected chi connectivity index (χ4v) is 4.75. The van der Waals surface area contributed by atoms with E-state index in [-0.39, 0.29) is 0 Å². The molecule has 4 rings (SSSR count). The van der Waals surface area contributed by atoms with Gasteiger partial charge in [0, 0.05) is 50.1 Å². The van der Waals surface area contributed by atoms with Gasteiger partial charge in [0.05, 0.1) is 5.69 Å². The Hall–Kier alpha value is -1.69. The van der Waals surface area contributed by atoms with Crippen molar-refractivity contribution in [1.29, 1.82) is 0 Å². The second-order valence-corrected chi connectivity index (χ2v) is 8.24. The van der Waals surface area contributed by atoms with Crippen LogP contribution in [0.3, 0.4) is 0 Å². The number of nitrogens with zero attached hydrogens (tertiary/aromatic N) is 3. The molecule has 2 N–H and O–H groups in total. The highest BCUT2D eigenvalue weighted by molar-refractivity contribution is 5.62. The van der Waals surface area contributed by atoms with Gasteiger partial charge in [-0.05, 0) is 37.8 Å². The zero-order valence-corrected chi connectivity index (χ0v) is 16.2. The molecule has 0 saturated carbocycles. The summed E-state index contributed by atoms with van der Waals surface area (Å²) in [6, 6.07) is 10.4. The van der Waals surface area contributed by atoms with E-state index in [0.29, 0.717) is 18.4 Å². The maximum atomic E-state index is 9.93. The summed E-state index contributed by atoms with van der Waals surface area (Å²) in [6.07, 6.45) is 7.43. The molecule has 0 spiro atoms. The van der Waals surface area contributed by atoms with Gasteiger partial charge in [0.25, 0.3) is 0 Å². The van der Waals surface area contributed by atoms with Crippen LogP contribution in [0.15, 0.2) is 36.5 Å². The van der Waals surface area contributed by atoms with Gasteiger partial charge in [0.1, 0.15) is 0 Å². The number of likely N-dealkylation sites (tertiary alicyclic amines) is 2. The Bertz CT molecular complexity index is 693. The van der Waals surface area contributed by atoms with Crippen molar-refractivity contribution in [2.24, 2.45) is 11.8 Å². The quantitative estimate of drug-likeness (QED) is 0.823. The van der Waals surface area contributed by atoms with E-state index >= 15 is 0 Å². The number of hydrogen-bond donors (Lipinski definition) is 2. The van der Waals surface area contributed by atoms with Crippen molar-refractivity contribution in [3.8, 4) is 11.3 Å². The summed E-state index contributed by atoms with van der Waals surface area (Å²) in [5.74, 6) is 0.959. The Morgan fingerprint density at radius 3 is 2.44 bits per heavy atom. The molecule has 27 heavy (non-hydrogen) atoms. The molecule has 0 unspecified atom stereocenters. The molecule has 2 atom stereocenters. The van der Waals surface area contributed by atoms with E-state index in [4.69, 9.17) is 0 Å². The molecule has 1 aromatic heterocycles. The Morgan fingerprint density at radius 2 is 1.70 bits per heavy atom. The first kappa shape index (κ1) is 18.7. The van der Waals surface area contributed by atoms with Crippen LogP contribution in [-0.2, 0) is 6.54 Å². The number of nitrogens with one attached hydrogen (secondary N) is 1. The highest BCUT2D eigenvalue weighted by Gasteiger charge is 2.33. The Morgan fingerprint density at radius 1 is 0.963 bits per heavy atom. The molecule has 5 heteroatoms. The van der Waals surface area contributed by atoms with Crippen LogP contribution in [0.2, 0.25) is 0 Å². The van der Waals surface area contributed by atoms with Gasteiger partial charge in [-0.25, -0.2) is 0 Å². The number of H-pyrrole nitrogens is 1. The average molecular weight is 369 g/mol. The lowest BCUT2D eigenvalue weighted by Gasteiger charge is -2.26. The molecule has 3 heterocycles. The average Bonchev–Trinajstić information content (AvgIpc) is 3.22. The SMILES string of the molecule is OC[C@H]1CN(Cc2c[nH]nc2-c2ccccc2)C[C@H]1CN1CCCCCC1. The predicted molar refractivity (Wildman–Crippen MR) is 108 cm³/mol. The zero-order chi connectivity index (χ0) is 18.5.